The molecule has 1 aromatic heterocycles. The van der Waals surface area contributed by atoms with Gasteiger partial charge in [-0.2, -0.15) is 0 Å². The van der Waals surface area contributed by atoms with Gasteiger partial charge in [0.1, 0.15) is 10.7 Å². The molecule has 2 aromatic carbocycles. The molecule has 0 fully saturated rings. The molecule has 0 radical (unpaired) electrons. The Labute approximate surface area is 177 Å². The summed E-state index contributed by atoms with van der Waals surface area (Å²) in [6, 6.07) is 13.4. The monoisotopic (exact) mass is 429 g/mol. The van der Waals surface area contributed by atoms with Gasteiger partial charge < -0.3 is 10.2 Å². The van der Waals surface area contributed by atoms with Crippen LogP contribution in [0.2, 0.25) is 0 Å². The van der Waals surface area contributed by atoms with Crippen LogP contribution in [0.25, 0.3) is 0 Å². The van der Waals surface area contributed by atoms with Gasteiger partial charge in [-0.1, -0.05) is 18.2 Å². The van der Waals surface area contributed by atoms with Gasteiger partial charge in [-0.05, 0) is 54.6 Å². The smallest absolute Gasteiger partial charge is 0.285 e. The molecule has 3 aromatic rings. The lowest BCUT2D eigenvalue weighted by atomic mass is 10.1. The Kier molecular flexibility index (Phi) is 6.66. The summed E-state index contributed by atoms with van der Waals surface area (Å²) in [6.45, 7) is 1.79. The SMILES string of the molecule is Cc1nc(Cc2ccc(F)cc2)sc1C(=O)Nc1cccc(SC(=O)N(C)C)c1. The molecule has 0 aliphatic heterocycles. The molecule has 8 heteroatoms. The molecular formula is C21H20FN3O2S2. The quantitative estimate of drug-likeness (QED) is 0.566. The summed E-state index contributed by atoms with van der Waals surface area (Å²) >= 11 is 2.42. The standard InChI is InChI=1S/C21H20FN3O2S2/c1-13-19(29-18(23-13)11-14-7-9-15(22)10-8-14)20(26)24-16-5-4-6-17(12-16)28-21(27)25(2)3/h4-10,12H,11H2,1-3H3,(H,24,26). The number of thiazole rings is 1. The molecule has 3 rings (SSSR count). The minimum atomic E-state index is -0.281. The van der Waals surface area contributed by atoms with Gasteiger partial charge in [0.15, 0.2) is 0 Å². The second-order valence-corrected chi connectivity index (χ2v) is 8.68. The van der Waals surface area contributed by atoms with Crippen LogP contribution in [0, 0.1) is 12.7 Å². The molecule has 0 saturated heterocycles. The number of benzene rings is 2. The van der Waals surface area contributed by atoms with E-state index in [2.05, 4.69) is 10.3 Å². The zero-order valence-electron chi connectivity index (χ0n) is 16.2. The van der Waals surface area contributed by atoms with E-state index in [1.54, 1.807) is 51.4 Å². The molecule has 29 heavy (non-hydrogen) atoms. The number of halogens is 1. The summed E-state index contributed by atoms with van der Waals surface area (Å²) in [4.78, 5) is 31.8. The Morgan fingerprint density at radius 2 is 1.90 bits per heavy atom. The van der Waals surface area contributed by atoms with E-state index < -0.39 is 0 Å². The molecule has 0 saturated carbocycles. The highest BCUT2D eigenvalue weighted by atomic mass is 32.2. The maximum Gasteiger partial charge on any atom is 0.285 e. The molecule has 0 atom stereocenters. The third-order valence-electron chi connectivity index (χ3n) is 3.98. The van der Waals surface area contributed by atoms with Crippen molar-refractivity contribution in [2.45, 2.75) is 18.2 Å². The fraction of sp³-hybridized carbons (Fsp3) is 0.190. The van der Waals surface area contributed by atoms with Crippen LogP contribution in [0.5, 0.6) is 0 Å². The Hall–Kier alpha value is -2.71. The van der Waals surface area contributed by atoms with Gasteiger partial charge >= 0.3 is 0 Å². The number of rotatable bonds is 5. The first-order chi connectivity index (χ1) is 13.8. The fourth-order valence-electron chi connectivity index (χ4n) is 2.53. The number of nitrogens with zero attached hydrogens (tertiary/aromatic N) is 2. The number of aryl methyl sites for hydroxylation is 1. The highest BCUT2D eigenvalue weighted by molar-refractivity contribution is 8.13. The van der Waals surface area contributed by atoms with Crippen molar-refractivity contribution in [2.75, 3.05) is 19.4 Å². The Balaban J connectivity index is 1.70. The van der Waals surface area contributed by atoms with Gasteiger partial charge in [0.05, 0.1) is 10.7 Å². The van der Waals surface area contributed by atoms with Crippen molar-refractivity contribution < 1.29 is 14.0 Å². The largest absolute Gasteiger partial charge is 0.339 e. The van der Waals surface area contributed by atoms with E-state index in [0.29, 0.717) is 22.7 Å². The zero-order chi connectivity index (χ0) is 21.0. The molecule has 5 nitrogen and oxygen atoms in total. The highest BCUT2D eigenvalue weighted by Gasteiger charge is 2.16. The van der Waals surface area contributed by atoms with Crippen LogP contribution in [0.1, 0.15) is 25.9 Å². The highest BCUT2D eigenvalue weighted by Crippen LogP contribution is 2.26. The maximum absolute atomic E-state index is 13.1. The summed E-state index contributed by atoms with van der Waals surface area (Å²) in [5.41, 5.74) is 2.19. The van der Waals surface area contributed by atoms with Gasteiger partial charge in [0, 0.05) is 31.1 Å². The number of carbonyl (C=O) groups is 2. The first-order valence-corrected chi connectivity index (χ1v) is 10.5. The van der Waals surface area contributed by atoms with Crippen molar-refractivity contribution in [2.24, 2.45) is 0 Å². The van der Waals surface area contributed by atoms with Crippen molar-refractivity contribution in [1.29, 1.82) is 0 Å². The fourth-order valence-corrected chi connectivity index (χ4v) is 4.24. The van der Waals surface area contributed by atoms with Crippen molar-refractivity contribution in [3.8, 4) is 0 Å². The Morgan fingerprint density at radius 1 is 1.17 bits per heavy atom. The summed E-state index contributed by atoms with van der Waals surface area (Å²) in [6.07, 6.45) is 0.540. The lowest BCUT2D eigenvalue weighted by Gasteiger charge is -2.10. The molecule has 150 valence electrons. The minimum Gasteiger partial charge on any atom is -0.339 e. The average molecular weight is 430 g/mol. The van der Waals surface area contributed by atoms with Crippen molar-refractivity contribution in [1.82, 2.24) is 9.88 Å². The Bertz CT molecular complexity index is 1030. The van der Waals surface area contributed by atoms with Crippen molar-refractivity contribution in [3.05, 3.63) is 75.5 Å². The number of thioether (sulfide) groups is 1. The second-order valence-electron chi connectivity index (χ2n) is 6.57. The van der Waals surface area contributed by atoms with Crippen LogP contribution < -0.4 is 5.32 Å². The van der Waals surface area contributed by atoms with Crippen molar-refractivity contribution >= 4 is 39.9 Å². The van der Waals surface area contributed by atoms with E-state index >= 15 is 0 Å². The number of aromatic nitrogens is 1. The number of hydrogen-bond donors (Lipinski definition) is 1. The summed E-state index contributed by atoms with van der Waals surface area (Å²) < 4.78 is 13.1. The minimum absolute atomic E-state index is 0.0859. The first-order valence-electron chi connectivity index (χ1n) is 8.83. The van der Waals surface area contributed by atoms with E-state index in [4.69, 9.17) is 0 Å². The summed E-state index contributed by atoms with van der Waals surface area (Å²) in [5.74, 6) is -0.525. The van der Waals surface area contributed by atoms with E-state index in [0.717, 1.165) is 27.2 Å². The van der Waals surface area contributed by atoms with Crippen LogP contribution in [0.4, 0.5) is 14.9 Å². The number of nitrogens with one attached hydrogen (secondary N) is 1. The lowest BCUT2D eigenvalue weighted by molar-refractivity contribution is 0.102. The molecule has 0 aliphatic carbocycles. The molecule has 0 spiro atoms. The normalized spacial score (nSPS) is 10.6. The molecule has 1 heterocycles. The van der Waals surface area contributed by atoms with Crippen LogP contribution in [-0.4, -0.2) is 35.1 Å². The molecule has 1 N–H and O–H groups in total. The average Bonchev–Trinajstić information content (AvgIpc) is 3.04. The molecule has 0 unspecified atom stereocenters. The van der Waals surface area contributed by atoms with Gasteiger partial charge in [0.25, 0.3) is 11.1 Å². The number of anilines is 1. The Morgan fingerprint density at radius 3 is 2.59 bits per heavy atom. The van der Waals surface area contributed by atoms with Gasteiger partial charge in [-0.15, -0.1) is 11.3 Å². The van der Waals surface area contributed by atoms with E-state index in [1.807, 2.05) is 6.07 Å². The third-order valence-corrected chi connectivity index (χ3v) is 6.16. The number of amides is 2. The predicted octanol–water partition coefficient (Wildman–Crippen LogP) is 5.21. The maximum atomic E-state index is 13.1. The first kappa shape index (κ1) is 21.0. The summed E-state index contributed by atoms with van der Waals surface area (Å²) in [5, 5.41) is 3.58. The molecule has 0 aliphatic rings. The lowest BCUT2D eigenvalue weighted by Crippen LogP contribution is -2.16. The topological polar surface area (TPSA) is 62.3 Å². The third kappa shape index (κ3) is 5.65. The van der Waals surface area contributed by atoms with Crippen molar-refractivity contribution in [3.63, 3.8) is 0 Å². The van der Waals surface area contributed by atoms with E-state index in [9.17, 15) is 14.0 Å². The van der Waals surface area contributed by atoms with Crippen LogP contribution in [0.3, 0.4) is 0 Å². The van der Waals surface area contributed by atoms with E-state index in [1.165, 1.54) is 28.4 Å². The van der Waals surface area contributed by atoms with Crippen LogP contribution in [0.15, 0.2) is 53.4 Å². The van der Waals surface area contributed by atoms with Gasteiger partial charge in [-0.3, -0.25) is 9.59 Å². The van der Waals surface area contributed by atoms with Gasteiger partial charge in [0.2, 0.25) is 0 Å². The number of hydrogen-bond acceptors (Lipinski definition) is 5. The second kappa shape index (κ2) is 9.19. The molecular weight excluding hydrogens is 409 g/mol. The van der Waals surface area contributed by atoms with Crippen LogP contribution in [-0.2, 0) is 6.42 Å². The molecule has 0 bridgehead atoms. The van der Waals surface area contributed by atoms with Gasteiger partial charge in [-0.25, -0.2) is 9.37 Å². The zero-order valence-corrected chi connectivity index (χ0v) is 17.9. The van der Waals surface area contributed by atoms with Crippen LogP contribution >= 0.6 is 23.1 Å². The molecule has 2 amide bonds. The van der Waals surface area contributed by atoms with E-state index in [-0.39, 0.29) is 17.0 Å². The number of carbonyl (C=O) groups excluding carboxylic acids is 2. The predicted molar refractivity (Wildman–Crippen MR) is 115 cm³/mol. The summed E-state index contributed by atoms with van der Waals surface area (Å²) in [7, 11) is 3.38.